The van der Waals surface area contributed by atoms with Gasteiger partial charge in [-0.1, -0.05) is 0 Å². The smallest absolute Gasteiger partial charge is 0.309 e. The molecule has 0 aromatic rings. The largest absolute Gasteiger partial charge is 0.338 e. The van der Waals surface area contributed by atoms with E-state index in [-0.39, 0.29) is 13.2 Å². The van der Waals surface area contributed by atoms with Crippen molar-refractivity contribution in [1.29, 1.82) is 0 Å². The molecule has 5 nitrogen and oxygen atoms in total. The van der Waals surface area contributed by atoms with Crippen LogP contribution in [0.15, 0.2) is 0 Å². The summed E-state index contributed by atoms with van der Waals surface area (Å²) in [6.45, 7) is 4.78. The summed E-state index contributed by atoms with van der Waals surface area (Å²) in [5.41, 5.74) is 0. The Bertz CT molecular complexity index is 250. The van der Waals surface area contributed by atoms with Crippen LogP contribution in [0.2, 0.25) is 0 Å². The third kappa shape index (κ3) is 4.65. The SMILES string of the molecule is CCOP(=O)(CC(=O)C(C)=O)OCC. The molecule has 0 bridgehead atoms. The average molecular weight is 222 g/mol. The number of ketones is 2. The first-order valence-electron chi connectivity index (χ1n) is 4.37. The van der Waals surface area contributed by atoms with Crippen molar-refractivity contribution < 1.29 is 23.2 Å². The highest BCUT2D eigenvalue weighted by molar-refractivity contribution is 7.55. The second kappa shape index (κ2) is 6.06. The molecule has 0 radical (unpaired) electrons. The molecule has 0 unspecified atom stereocenters. The topological polar surface area (TPSA) is 69.7 Å². The fourth-order valence-electron chi connectivity index (χ4n) is 0.809. The summed E-state index contributed by atoms with van der Waals surface area (Å²) in [6.07, 6.45) is -0.468. The highest BCUT2D eigenvalue weighted by Gasteiger charge is 2.29. The lowest BCUT2D eigenvalue weighted by Gasteiger charge is -2.15. The molecule has 0 aliphatic rings. The number of Topliss-reactive ketones (excluding diaryl/α,β-unsaturated/α-hetero) is 2. The van der Waals surface area contributed by atoms with Crippen LogP contribution in [-0.4, -0.2) is 30.9 Å². The minimum Gasteiger partial charge on any atom is -0.309 e. The fraction of sp³-hybridized carbons (Fsp3) is 0.750. The van der Waals surface area contributed by atoms with Gasteiger partial charge in [0.15, 0.2) is 5.78 Å². The zero-order chi connectivity index (χ0) is 11.2. The zero-order valence-electron chi connectivity index (χ0n) is 8.61. The fourth-order valence-corrected chi connectivity index (χ4v) is 2.43. The lowest BCUT2D eigenvalue weighted by molar-refractivity contribution is -0.134. The maximum absolute atomic E-state index is 11.7. The van der Waals surface area contributed by atoms with Gasteiger partial charge in [0.1, 0.15) is 6.16 Å². The number of hydrogen-bond donors (Lipinski definition) is 0. The Morgan fingerprint density at radius 3 is 1.86 bits per heavy atom. The van der Waals surface area contributed by atoms with E-state index >= 15 is 0 Å². The van der Waals surface area contributed by atoms with E-state index in [4.69, 9.17) is 9.05 Å². The van der Waals surface area contributed by atoms with Crippen molar-refractivity contribution in [2.45, 2.75) is 20.8 Å². The molecule has 0 N–H and O–H groups in total. The highest BCUT2D eigenvalue weighted by Crippen LogP contribution is 2.47. The lowest BCUT2D eigenvalue weighted by Crippen LogP contribution is -2.16. The first-order valence-corrected chi connectivity index (χ1v) is 6.10. The van der Waals surface area contributed by atoms with E-state index in [9.17, 15) is 14.2 Å². The summed E-state index contributed by atoms with van der Waals surface area (Å²) in [5.74, 6) is -1.36. The Kier molecular flexibility index (Phi) is 5.84. The minimum absolute atomic E-state index is 0.183. The van der Waals surface area contributed by atoms with E-state index in [0.29, 0.717) is 0 Å². The molecule has 0 aliphatic heterocycles. The molecule has 0 aromatic carbocycles. The Balaban J connectivity index is 4.44. The van der Waals surface area contributed by atoms with Gasteiger partial charge in [0.25, 0.3) is 0 Å². The van der Waals surface area contributed by atoms with Gasteiger partial charge in [0.05, 0.1) is 13.2 Å². The lowest BCUT2D eigenvalue weighted by atomic mass is 10.3. The van der Waals surface area contributed by atoms with Gasteiger partial charge < -0.3 is 9.05 Å². The first kappa shape index (κ1) is 13.5. The molecule has 0 atom stereocenters. The molecule has 0 heterocycles. The van der Waals surface area contributed by atoms with Crippen molar-refractivity contribution in [1.82, 2.24) is 0 Å². The molecule has 0 saturated heterocycles. The van der Waals surface area contributed by atoms with Crippen LogP contribution in [0.25, 0.3) is 0 Å². The number of carbonyl (C=O) groups is 2. The molecule has 0 amide bonds. The van der Waals surface area contributed by atoms with E-state index in [1.165, 1.54) is 0 Å². The van der Waals surface area contributed by atoms with Crippen LogP contribution < -0.4 is 0 Å². The second-order valence-corrected chi connectivity index (χ2v) is 4.64. The van der Waals surface area contributed by atoms with Gasteiger partial charge in [-0.15, -0.1) is 0 Å². The molecule has 0 saturated carbocycles. The van der Waals surface area contributed by atoms with Crippen LogP contribution in [0.5, 0.6) is 0 Å². The molecular formula is C8H15O5P. The quantitative estimate of drug-likeness (QED) is 0.481. The van der Waals surface area contributed by atoms with Crippen LogP contribution in [0.1, 0.15) is 20.8 Å². The van der Waals surface area contributed by atoms with Crippen molar-refractivity contribution in [2.75, 3.05) is 19.4 Å². The summed E-state index contributed by atoms with van der Waals surface area (Å²) in [7, 11) is -3.40. The van der Waals surface area contributed by atoms with Crippen molar-refractivity contribution in [2.24, 2.45) is 0 Å². The minimum atomic E-state index is -3.40. The molecule has 82 valence electrons. The molecule has 0 aromatic heterocycles. The summed E-state index contributed by atoms with van der Waals surface area (Å²) in [4.78, 5) is 21.7. The Labute approximate surface area is 83.3 Å². The number of hydrogen-bond acceptors (Lipinski definition) is 5. The maximum Gasteiger partial charge on any atom is 0.338 e. The van der Waals surface area contributed by atoms with Crippen LogP contribution in [0, 0.1) is 0 Å². The molecule has 0 spiro atoms. The summed E-state index contributed by atoms with van der Waals surface area (Å²) >= 11 is 0. The van der Waals surface area contributed by atoms with Crippen molar-refractivity contribution >= 4 is 19.2 Å². The van der Waals surface area contributed by atoms with Gasteiger partial charge in [-0.2, -0.15) is 0 Å². The third-order valence-corrected chi connectivity index (χ3v) is 3.36. The summed E-state index contributed by atoms with van der Waals surface area (Å²) in [5, 5.41) is 0. The monoisotopic (exact) mass is 222 g/mol. The predicted molar refractivity (Wildman–Crippen MR) is 51.4 cm³/mol. The summed E-state index contributed by atoms with van der Waals surface area (Å²) < 4.78 is 21.4. The molecular weight excluding hydrogens is 207 g/mol. The van der Waals surface area contributed by atoms with E-state index < -0.39 is 25.3 Å². The van der Waals surface area contributed by atoms with Crippen molar-refractivity contribution in [3.63, 3.8) is 0 Å². The van der Waals surface area contributed by atoms with Gasteiger partial charge >= 0.3 is 7.60 Å². The predicted octanol–water partition coefficient (Wildman–Crippen LogP) is 1.41. The van der Waals surface area contributed by atoms with Crippen LogP contribution in [-0.2, 0) is 23.2 Å². The zero-order valence-corrected chi connectivity index (χ0v) is 9.50. The van der Waals surface area contributed by atoms with Gasteiger partial charge in [0, 0.05) is 6.92 Å². The van der Waals surface area contributed by atoms with E-state index in [1.54, 1.807) is 13.8 Å². The normalized spacial score (nSPS) is 11.4. The van der Waals surface area contributed by atoms with E-state index in [1.807, 2.05) is 0 Å². The number of rotatable bonds is 7. The Hall–Kier alpha value is -0.510. The maximum atomic E-state index is 11.7. The standard InChI is InChI=1S/C8H15O5P/c1-4-12-14(11,13-5-2)6-8(10)7(3)9/h4-6H2,1-3H3. The van der Waals surface area contributed by atoms with Gasteiger partial charge in [-0.25, -0.2) is 0 Å². The van der Waals surface area contributed by atoms with Crippen LogP contribution >= 0.6 is 7.60 Å². The van der Waals surface area contributed by atoms with Crippen LogP contribution in [0.3, 0.4) is 0 Å². The Morgan fingerprint density at radius 2 is 1.57 bits per heavy atom. The van der Waals surface area contributed by atoms with Gasteiger partial charge in [-0.3, -0.25) is 14.2 Å². The van der Waals surface area contributed by atoms with Gasteiger partial charge in [-0.05, 0) is 13.8 Å². The van der Waals surface area contributed by atoms with E-state index in [2.05, 4.69) is 0 Å². The molecule has 0 rings (SSSR count). The third-order valence-electron chi connectivity index (χ3n) is 1.38. The van der Waals surface area contributed by atoms with Gasteiger partial charge in [0.2, 0.25) is 5.78 Å². The molecule has 0 fully saturated rings. The van der Waals surface area contributed by atoms with Crippen molar-refractivity contribution in [3.05, 3.63) is 0 Å². The van der Waals surface area contributed by atoms with Crippen LogP contribution in [0.4, 0.5) is 0 Å². The number of carbonyl (C=O) groups excluding carboxylic acids is 2. The second-order valence-electron chi connectivity index (χ2n) is 2.58. The molecule has 0 aliphatic carbocycles. The van der Waals surface area contributed by atoms with E-state index in [0.717, 1.165) is 6.92 Å². The molecule has 6 heteroatoms. The average Bonchev–Trinajstić information content (AvgIpc) is 2.04. The van der Waals surface area contributed by atoms with Crippen molar-refractivity contribution in [3.8, 4) is 0 Å². The summed E-state index contributed by atoms with van der Waals surface area (Å²) in [6, 6.07) is 0. The molecule has 14 heavy (non-hydrogen) atoms. The first-order chi connectivity index (χ1) is 6.45. The highest BCUT2D eigenvalue weighted by atomic mass is 31.2. The Morgan fingerprint density at radius 1 is 1.14 bits per heavy atom.